The first kappa shape index (κ1) is 47.0. The van der Waals surface area contributed by atoms with E-state index >= 15 is 17.6 Å². The van der Waals surface area contributed by atoms with E-state index in [1.807, 2.05) is 0 Å². The number of benzene rings is 6. The molecule has 0 bridgehead atoms. The lowest BCUT2D eigenvalue weighted by Gasteiger charge is -2.18. The van der Waals surface area contributed by atoms with E-state index in [9.17, 15) is 37.5 Å². The molecule has 0 saturated heterocycles. The van der Waals surface area contributed by atoms with Gasteiger partial charge in [-0.15, -0.1) is 34.0 Å². The standard InChI is InChI=1S/C51H27F6O11S3/c52-28-15-29(53)41-44(61)24-7-1-4-10-34(24)69-49(41)40(28)27-13-22(27)14-37(58)68-23(18-64-38(59)20-66-47-32(56)16-30(54)42-45(62)25-8-2-5-11-35(25)70-50(42)47)19-65-39(60)21-67-48-33(57)17-31(55)43-46(63)26-9-3-6-12-36(26)71-51(43)48/h1-13,15-17,23H,14,18-21H2. The molecule has 3 aromatic heterocycles. The fourth-order valence-corrected chi connectivity index (χ4v) is 11.5. The maximum Gasteiger partial charge on any atom is 0.344 e. The highest BCUT2D eigenvalue weighted by atomic mass is 32.1. The summed E-state index contributed by atoms with van der Waals surface area (Å²) in [5.74, 6) is -11.5. The zero-order valence-electron chi connectivity index (χ0n) is 35.8. The second kappa shape index (κ2) is 18.9. The Bertz CT molecular complexity index is 3840. The van der Waals surface area contributed by atoms with E-state index in [0.29, 0.717) is 32.3 Å². The summed E-state index contributed by atoms with van der Waals surface area (Å²) in [6.07, 6.45) is -0.718. The van der Waals surface area contributed by atoms with Crippen LogP contribution in [0.25, 0.3) is 66.1 Å². The zero-order chi connectivity index (χ0) is 49.8. The van der Waals surface area contributed by atoms with Crippen LogP contribution in [0.2, 0.25) is 0 Å². The van der Waals surface area contributed by atoms with Crippen LogP contribution in [0.15, 0.2) is 111 Å². The van der Waals surface area contributed by atoms with Crippen molar-refractivity contribution in [2.75, 3.05) is 26.4 Å². The van der Waals surface area contributed by atoms with E-state index in [4.69, 9.17) is 23.7 Å². The predicted octanol–water partition coefficient (Wildman–Crippen LogP) is 10.2. The molecule has 0 spiro atoms. The van der Waals surface area contributed by atoms with Gasteiger partial charge in [0, 0.05) is 60.4 Å². The molecule has 9 aromatic rings. The number of hydrogen-bond donors (Lipinski definition) is 0. The Morgan fingerprint density at radius 1 is 0.493 bits per heavy atom. The van der Waals surface area contributed by atoms with Gasteiger partial charge in [-0.25, -0.2) is 35.9 Å². The van der Waals surface area contributed by atoms with Gasteiger partial charge in [0.05, 0.1) is 36.7 Å². The molecule has 0 fully saturated rings. The largest absolute Gasteiger partial charge is 0.477 e. The topological polar surface area (TPSA) is 149 Å². The summed E-state index contributed by atoms with van der Waals surface area (Å²) in [5.41, 5.74) is -1.82. The highest BCUT2D eigenvalue weighted by Gasteiger charge is 2.33. The van der Waals surface area contributed by atoms with Crippen molar-refractivity contribution in [2.24, 2.45) is 0 Å². The van der Waals surface area contributed by atoms with Crippen LogP contribution < -0.4 is 25.8 Å². The normalized spacial score (nSPS) is 12.4. The minimum Gasteiger partial charge on any atom is -0.477 e. The van der Waals surface area contributed by atoms with Gasteiger partial charge in [-0.3, -0.25) is 19.2 Å². The van der Waals surface area contributed by atoms with Crippen LogP contribution in [-0.4, -0.2) is 50.4 Å². The molecule has 0 saturated carbocycles. The fraction of sp³-hybridized carbons (Fsp3) is 0.118. The van der Waals surface area contributed by atoms with Gasteiger partial charge in [-0.1, -0.05) is 36.4 Å². The lowest BCUT2D eigenvalue weighted by molar-refractivity contribution is -0.167. The van der Waals surface area contributed by atoms with Gasteiger partial charge in [0.2, 0.25) is 0 Å². The third kappa shape index (κ3) is 8.93. The Labute approximate surface area is 405 Å². The molecule has 3 heterocycles. The number of carbonyl (C=O) groups excluding carboxylic acids is 3. The van der Waals surface area contributed by atoms with E-state index in [2.05, 4.69) is 0 Å². The summed E-state index contributed by atoms with van der Waals surface area (Å²) in [6, 6.07) is 20.3. The molecule has 0 aliphatic heterocycles. The van der Waals surface area contributed by atoms with E-state index in [1.54, 1.807) is 54.6 Å². The first-order valence-electron chi connectivity index (χ1n) is 21.0. The third-order valence-electron chi connectivity index (χ3n) is 11.2. The van der Waals surface area contributed by atoms with Gasteiger partial charge >= 0.3 is 17.9 Å². The number of rotatable bonds is 14. The molecule has 0 amide bonds. The van der Waals surface area contributed by atoms with Crippen molar-refractivity contribution in [1.82, 2.24) is 0 Å². The van der Waals surface area contributed by atoms with Crippen LogP contribution in [0.4, 0.5) is 26.3 Å². The van der Waals surface area contributed by atoms with Crippen molar-refractivity contribution in [3.63, 3.8) is 0 Å². The van der Waals surface area contributed by atoms with Gasteiger partial charge in [0.25, 0.3) is 0 Å². The third-order valence-corrected chi connectivity index (χ3v) is 14.7. The van der Waals surface area contributed by atoms with Crippen molar-refractivity contribution in [1.29, 1.82) is 0 Å². The van der Waals surface area contributed by atoms with E-state index in [-0.39, 0.29) is 52.4 Å². The van der Waals surface area contributed by atoms with E-state index in [1.165, 1.54) is 24.6 Å². The van der Waals surface area contributed by atoms with Crippen molar-refractivity contribution < 1.29 is 64.4 Å². The van der Waals surface area contributed by atoms with Crippen LogP contribution in [0.1, 0.15) is 12.0 Å². The highest BCUT2D eigenvalue weighted by molar-refractivity contribution is 7.25. The summed E-state index contributed by atoms with van der Waals surface area (Å²) in [5, 5.41) is -0.700. The number of carbonyl (C=O) groups is 3. The molecule has 11 nitrogen and oxygen atoms in total. The number of ether oxygens (including phenoxy) is 5. The molecular weight excluding hydrogens is 999 g/mol. The maximum absolute atomic E-state index is 15.5. The molecule has 1 radical (unpaired) electrons. The van der Waals surface area contributed by atoms with Crippen LogP contribution in [0, 0.1) is 41.3 Å². The highest BCUT2D eigenvalue weighted by Crippen LogP contribution is 2.47. The number of fused-ring (bicyclic) bond motifs is 6. The molecule has 20 heteroatoms. The minimum absolute atomic E-state index is 0.00836. The van der Waals surface area contributed by atoms with Crippen LogP contribution in [-0.2, 0) is 28.6 Å². The first-order valence-corrected chi connectivity index (χ1v) is 23.5. The van der Waals surface area contributed by atoms with Crippen molar-refractivity contribution in [2.45, 2.75) is 12.5 Å². The summed E-state index contributed by atoms with van der Waals surface area (Å²) >= 11 is 2.66. The first-order chi connectivity index (χ1) is 34.2. The Morgan fingerprint density at radius 3 is 1.34 bits per heavy atom. The SMILES string of the molecule is O=C(COc1c(F)cc(F)c2c(=O)c3ccccc3sc12)OCC(COC(=O)COc1c(F)cc(F)c2c(=O)c3ccccc3sc12)OC(=O)CC1=C(c2c(F)cc(F)c3c(=O)c4ccccc4sc23)[CH]1. The summed E-state index contributed by atoms with van der Waals surface area (Å²) in [6.45, 7) is -3.69. The van der Waals surface area contributed by atoms with E-state index < -0.39 is 130 Å². The molecule has 357 valence electrons. The predicted molar refractivity (Wildman–Crippen MR) is 255 cm³/mol. The number of hydrogen-bond acceptors (Lipinski definition) is 14. The Hall–Kier alpha value is -7.68. The monoisotopic (exact) mass is 1030 g/mol. The van der Waals surface area contributed by atoms with Gasteiger partial charge in [-0.05, 0) is 47.5 Å². The smallest absolute Gasteiger partial charge is 0.344 e. The van der Waals surface area contributed by atoms with E-state index in [0.717, 1.165) is 34.0 Å². The molecule has 10 rings (SSSR count). The number of esters is 3. The molecule has 71 heavy (non-hydrogen) atoms. The summed E-state index contributed by atoms with van der Waals surface area (Å²) in [4.78, 5) is 79.2. The summed E-state index contributed by atoms with van der Waals surface area (Å²) < 4.78 is 118. The molecule has 0 N–H and O–H groups in total. The van der Waals surface area contributed by atoms with Crippen LogP contribution in [0.3, 0.4) is 0 Å². The Morgan fingerprint density at radius 2 is 0.887 bits per heavy atom. The summed E-state index contributed by atoms with van der Waals surface area (Å²) in [7, 11) is 0. The minimum atomic E-state index is -1.60. The average Bonchev–Trinajstić information content (AvgIpc) is 4.09. The van der Waals surface area contributed by atoms with Crippen molar-refractivity contribution in [3.8, 4) is 11.5 Å². The molecule has 0 unspecified atom stereocenters. The van der Waals surface area contributed by atoms with Crippen molar-refractivity contribution >= 4 is 118 Å². The molecule has 0 atom stereocenters. The average molecular weight is 1030 g/mol. The van der Waals surface area contributed by atoms with Gasteiger partial charge in [-0.2, -0.15) is 0 Å². The fourth-order valence-electron chi connectivity index (χ4n) is 7.91. The Balaban J connectivity index is 0.869. The zero-order valence-corrected chi connectivity index (χ0v) is 38.3. The maximum atomic E-state index is 15.5. The van der Waals surface area contributed by atoms with Gasteiger partial charge in [0.15, 0.2) is 58.7 Å². The molecular formula is C51H27F6O11S3. The molecule has 6 aromatic carbocycles. The quantitative estimate of drug-likeness (QED) is 0.0444. The second-order valence-electron chi connectivity index (χ2n) is 15.8. The van der Waals surface area contributed by atoms with Gasteiger partial charge in [0.1, 0.15) is 36.5 Å². The number of halogens is 6. The van der Waals surface area contributed by atoms with Crippen LogP contribution in [0.5, 0.6) is 11.5 Å². The van der Waals surface area contributed by atoms with Gasteiger partial charge < -0.3 is 23.7 Å². The van der Waals surface area contributed by atoms with Crippen LogP contribution >= 0.6 is 34.0 Å². The van der Waals surface area contributed by atoms with Crippen molar-refractivity contribution in [3.05, 3.63) is 174 Å². The lowest BCUT2D eigenvalue weighted by Crippen LogP contribution is -2.32. The Kier molecular flexibility index (Phi) is 12.5. The number of allylic oxidation sites excluding steroid dienone is 1. The lowest BCUT2D eigenvalue weighted by atomic mass is 10.1. The molecule has 1 aliphatic carbocycles. The molecule has 1 aliphatic rings. The second-order valence-corrected chi connectivity index (χ2v) is 18.9.